The number of aryl methyl sites for hydroxylation is 1. The molecule has 5 rings (SSSR count). The lowest BCUT2D eigenvalue weighted by Gasteiger charge is -2.12. The van der Waals surface area contributed by atoms with E-state index in [2.05, 4.69) is 21.4 Å². The molecule has 0 bridgehead atoms. The van der Waals surface area contributed by atoms with Crippen LogP contribution in [-0.2, 0) is 5.41 Å². The molecule has 1 aliphatic carbocycles. The quantitative estimate of drug-likeness (QED) is 0.441. The minimum absolute atomic E-state index is 0.241. The van der Waals surface area contributed by atoms with Gasteiger partial charge in [0.1, 0.15) is 16.1 Å². The van der Waals surface area contributed by atoms with Gasteiger partial charge in [-0.3, -0.25) is 4.79 Å². The van der Waals surface area contributed by atoms with E-state index in [4.69, 9.17) is 10.5 Å². The molecule has 158 valence electrons. The van der Waals surface area contributed by atoms with Crippen molar-refractivity contribution in [3.05, 3.63) is 71.3 Å². The number of aromatic nitrogens is 2. The number of nitrogens with one attached hydrogen (secondary N) is 1. The van der Waals surface area contributed by atoms with Crippen LogP contribution >= 0.6 is 11.3 Å². The molecule has 1 amide bonds. The Morgan fingerprint density at radius 2 is 2.03 bits per heavy atom. The highest BCUT2D eigenvalue weighted by molar-refractivity contribution is 7.21. The van der Waals surface area contributed by atoms with Gasteiger partial charge >= 0.3 is 0 Å². The van der Waals surface area contributed by atoms with Crippen molar-refractivity contribution in [1.82, 2.24) is 9.97 Å². The average Bonchev–Trinajstić information content (AvgIpc) is 3.51. The van der Waals surface area contributed by atoms with Gasteiger partial charge in [-0.05, 0) is 55.2 Å². The number of thiazole rings is 1. The minimum atomic E-state index is -0.433. The maximum absolute atomic E-state index is 12.8. The van der Waals surface area contributed by atoms with Crippen molar-refractivity contribution in [3.8, 4) is 17.7 Å². The molecular formula is C24H19N5O2S. The Morgan fingerprint density at radius 3 is 2.81 bits per heavy atom. The normalized spacial score (nSPS) is 14.0. The number of nitrogens with two attached hydrogens (primary N) is 1. The van der Waals surface area contributed by atoms with Gasteiger partial charge in [0.25, 0.3) is 5.91 Å². The molecule has 2 aromatic carbocycles. The van der Waals surface area contributed by atoms with E-state index < -0.39 is 5.41 Å². The number of carbonyl (C=O) groups is 1. The van der Waals surface area contributed by atoms with Crippen molar-refractivity contribution in [2.24, 2.45) is 0 Å². The molecule has 0 aliphatic heterocycles. The van der Waals surface area contributed by atoms with E-state index in [1.165, 1.54) is 11.3 Å². The molecule has 0 atom stereocenters. The zero-order chi connectivity index (χ0) is 22.3. The van der Waals surface area contributed by atoms with E-state index in [1.54, 1.807) is 24.3 Å². The van der Waals surface area contributed by atoms with Crippen molar-refractivity contribution >= 4 is 38.4 Å². The second kappa shape index (κ2) is 7.62. The standard InChI is InChI=1S/C24H19N5O2S/c1-14-5-6-17(12-19(14)31-20-8-7-18-22(29-20)32-23(26)28-18)27-21(30)15-3-2-4-16(11-15)24(13-25)9-10-24/h2-8,11-12H,9-10H2,1H3,(H2,26,28)(H,27,30). The molecule has 3 N–H and O–H groups in total. The maximum Gasteiger partial charge on any atom is 0.255 e. The number of rotatable bonds is 5. The summed E-state index contributed by atoms with van der Waals surface area (Å²) in [5.74, 6) is 0.768. The molecule has 1 saturated carbocycles. The van der Waals surface area contributed by atoms with Crippen LogP contribution in [0.1, 0.15) is 34.3 Å². The number of anilines is 2. The summed E-state index contributed by atoms with van der Waals surface area (Å²) in [7, 11) is 0. The first kappa shape index (κ1) is 20.0. The van der Waals surface area contributed by atoms with Crippen LogP contribution in [0.25, 0.3) is 10.3 Å². The van der Waals surface area contributed by atoms with E-state index in [9.17, 15) is 10.1 Å². The number of carbonyl (C=O) groups excluding carboxylic acids is 1. The van der Waals surface area contributed by atoms with Crippen molar-refractivity contribution in [2.75, 3.05) is 11.1 Å². The van der Waals surface area contributed by atoms with Gasteiger partial charge in [0, 0.05) is 23.4 Å². The number of fused-ring (bicyclic) bond motifs is 1. The van der Waals surface area contributed by atoms with Gasteiger partial charge in [0.15, 0.2) is 5.13 Å². The predicted octanol–water partition coefficient (Wildman–Crippen LogP) is 5.18. The van der Waals surface area contributed by atoms with Crippen molar-refractivity contribution in [2.45, 2.75) is 25.2 Å². The molecule has 0 saturated heterocycles. The van der Waals surface area contributed by atoms with Crippen molar-refractivity contribution in [1.29, 1.82) is 5.26 Å². The fourth-order valence-electron chi connectivity index (χ4n) is 3.53. The van der Waals surface area contributed by atoms with Gasteiger partial charge in [-0.15, -0.1) is 0 Å². The summed E-state index contributed by atoms with van der Waals surface area (Å²) in [5.41, 5.74) is 8.96. The Balaban J connectivity index is 1.36. The topological polar surface area (TPSA) is 114 Å². The number of hydrogen-bond acceptors (Lipinski definition) is 7. The number of nitrogen functional groups attached to an aromatic ring is 1. The van der Waals surface area contributed by atoms with E-state index in [-0.39, 0.29) is 5.91 Å². The fourth-order valence-corrected chi connectivity index (χ4v) is 4.22. The Hall–Kier alpha value is -3.96. The highest BCUT2D eigenvalue weighted by Crippen LogP contribution is 2.47. The van der Waals surface area contributed by atoms with Crippen LogP contribution in [0, 0.1) is 18.3 Å². The lowest BCUT2D eigenvalue weighted by Crippen LogP contribution is -2.13. The summed E-state index contributed by atoms with van der Waals surface area (Å²) in [5, 5.41) is 12.8. The van der Waals surface area contributed by atoms with Gasteiger partial charge < -0.3 is 15.8 Å². The Kier molecular flexibility index (Phi) is 4.76. The van der Waals surface area contributed by atoms with Crippen LogP contribution in [0.2, 0.25) is 0 Å². The molecule has 1 aliphatic rings. The molecule has 2 aromatic heterocycles. The number of nitrogens with zero attached hydrogens (tertiary/aromatic N) is 3. The van der Waals surface area contributed by atoms with E-state index in [0.29, 0.717) is 32.8 Å². The number of hydrogen-bond donors (Lipinski definition) is 2. The van der Waals surface area contributed by atoms with E-state index in [0.717, 1.165) is 29.5 Å². The van der Waals surface area contributed by atoms with Gasteiger partial charge in [-0.25, -0.2) is 9.97 Å². The smallest absolute Gasteiger partial charge is 0.255 e. The van der Waals surface area contributed by atoms with E-state index >= 15 is 0 Å². The third-order valence-electron chi connectivity index (χ3n) is 5.55. The van der Waals surface area contributed by atoms with Crippen LogP contribution < -0.4 is 15.8 Å². The monoisotopic (exact) mass is 441 g/mol. The molecule has 4 aromatic rings. The summed E-state index contributed by atoms with van der Waals surface area (Å²) in [4.78, 5) is 22.2. The van der Waals surface area contributed by atoms with Gasteiger partial charge in [-0.2, -0.15) is 5.26 Å². The Bertz CT molecular complexity index is 1400. The molecule has 32 heavy (non-hydrogen) atoms. The largest absolute Gasteiger partial charge is 0.439 e. The molecular weight excluding hydrogens is 422 g/mol. The summed E-state index contributed by atoms with van der Waals surface area (Å²) >= 11 is 1.30. The Morgan fingerprint density at radius 1 is 1.19 bits per heavy atom. The first-order chi connectivity index (χ1) is 15.5. The molecule has 1 fully saturated rings. The Labute approximate surface area is 188 Å². The van der Waals surface area contributed by atoms with Crippen molar-refractivity contribution in [3.63, 3.8) is 0 Å². The first-order valence-corrected chi connectivity index (χ1v) is 10.9. The molecule has 0 spiro atoms. The number of amides is 1. The predicted molar refractivity (Wildman–Crippen MR) is 124 cm³/mol. The lowest BCUT2D eigenvalue weighted by molar-refractivity contribution is 0.102. The van der Waals surface area contributed by atoms with Crippen LogP contribution in [0.15, 0.2) is 54.6 Å². The van der Waals surface area contributed by atoms with Gasteiger partial charge in [0.2, 0.25) is 5.88 Å². The average molecular weight is 442 g/mol. The minimum Gasteiger partial charge on any atom is -0.439 e. The van der Waals surface area contributed by atoms with Crippen LogP contribution in [0.5, 0.6) is 11.6 Å². The highest BCUT2D eigenvalue weighted by atomic mass is 32.1. The van der Waals surface area contributed by atoms with Gasteiger partial charge in [-0.1, -0.05) is 29.5 Å². The third-order valence-corrected chi connectivity index (χ3v) is 6.34. The molecule has 0 unspecified atom stereocenters. The molecule has 2 heterocycles. The number of ether oxygens (including phenoxy) is 1. The fraction of sp³-hybridized carbons (Fsp3) is 0.167. The summed E-state index contributed by atoms with van der Waals surface area (Å²) < 4.78 is 5.98. The lowest BCUT2D eigenvalue weighted by atomic mass is 9.96. The second-order valence-corrected chi connectivity index (χ2v) is 8.85. The van der Waals surface area contributed by atoms with E-state index in [1.807, 2.05) is 37.3 Å². The van der Waals surface area contributed by atoms with Crippen LogP contribution in [0.3, 0.4) is 0 Å². The molecule has 7 nitrogen and oxygen atoms in total. The second-order valence-electron chi connectivity index (χ2n) is 7.84. The highest BCUT2D eigenvalue weighted by Gasteiger charge is 2.45. The molecule has 8 heteroatoms. The number of nitriles is 1. The van der Waals surface area contributed by atoms with Crippen molar-refractivity contribution < 1.29 is 9.53 Å². The van der Waals surface area contributed by atoms with Crippen LogP contribution in [-0.4, -0.2) is 15.9 Å². The number of benzene rings is 2. The number of pyridine rings is 1. The first-order valence-electron chi connectivity index (χ1n) is 10.1. The maximum atomic E-state index is 12.8. The third kappa shape index (κ3) is 3.74. The van der Waals surface area contributed by atoms with Crippen LogP contribution in [0.4, 0.5) is 10.8 Å². The summed E-state index contributed by atoms with van der Waals surface area (Å²) in [6.07, 6.45) is 1.67. The zero-order valence-electron chi connectivity index (χ0n) is 17.3. The molecule has 0 radical (unpaired) electrons. The van der Waals surface area contributed by atoms with Gasteiger partial charge in [0.05, 0.1) is 11.5 Å². The zero-order valence-corrected chi connectivity index (χ0v) is 18.1. The SMILES string of the molecule is Cc1ccc(NC(=O)c2cccc(C3(C#N)CC3)c2)cc1Oc1ccc2nc(N)sc2n1. The summed E-state index contributed by atoms with van der Waals surface area (Å²) in [6, 6.07) is 18.7. The summed E-state index contributed by atoms with van der Waals surface area (Å²) in [6.45, 7) is 1.92.